The van der Waals surface area contributed by atoms with Crippen LogP contribution in [0, 0.1) is 10.5 Å². The van der Waals surface area contributed by atoms with E-state index in [1.807, 2.05) is 12.1 Å². The van der Waals surface area contributed by atoms with Crippen molar-refractivity contribution >= 4 is 22.6 Å². The van der Waals surface area contributed by atoms with Crippen LogP contribution in [0.4, 0.5) is 0 Å². The third-order valence-electron chi connectivity index (χ3n) is 3.31. The monoisotopic (exact) mass is 382 g/mol. The molecule has 3 nitrogen and oxygen atoms in total. The van der Waals surface area contributed by atoms with Crippen molar-refractivity contribution in [2.24, 2.45) is 5.84 Å². The van der Waals surface area contributed by atoms with Gasteiger partial charge >= 0.3 is 0 Å². The first-order valence-corrected chi connectivity index (χ1v) is 7.57. The first-order valence-electron chi connectivity index (χ1n) is 6.49. The van der Waals surface area contributed by atoms with Crippen LogP contribution in [0.5, 0.6) is 5.75 Å². The third kappa shape index (κ3) is 3.71. The summed E-state index contributed by atoms with van der Waals surface area (Å²) in [6.45, 7) is 2.07. The van der Waals surface area contributed by atoms with Crippen molar-refractivity contribution in [3.63, 3.8) is 0 Å². The normalized spacial score (nSPS) is 12.2. The van der Waals surface area contributed by atoms with E-state index >= 15 is 0 Å². The molecule has 0 radical (unpaired) electrons. The Balaban J connectivity index is 2.28. The Kier molecular flexibility index (Phi) is 5.39. The molecular weight excluding hydrogens is 363 g/mol. The number of nitrogens with one attached hydrogen (secondary N) is 1. The lowest BCUT2D eigenvalue weighted by Gasteiger charge is -2.20. The van der Waals surface area contributed by atoms with Gasteiger partial charge in [-0.3, -0.25) is 11.3 Å². The molecule has 1 atom stereocenters. The van der Waals surface area contributed by atoms with Crippen LogP contribution in [0.2, 0.25) is 0 Å². The van der Waals surface area contributed by atoms with Crippen molar-refractivity contribution < 1.29 is 4.74 Å². The van der Waals surface area contributed by atoms with Crippen molar-refractivity contribution in [2.75, 3.05) is 7.11 Å². The fourth-order valence-electron chi connectivity index (χ4n) is 2.24. The number of hydrogen-bond donors (Lipinski definition) is 2. The Morgan fingerprint density at radius 2 is 1.90 bits per heavy atom. The van der Waals surface area contributed by atoms with Crippen LogP contribution in [0.25, 0.3) is 0 Å². The van der Waals surface area contributed by atoms with Crippen LogP contribution in [0.1, 0.15) is 22.7 Å². The first kappa shape index (κ1) is 15.3. The summed E-state index contributed by atoms with van der Waals surface area (Å²) in [5, 5.41) is 0. The molecule has 2 aromatic rings. The number of aryl methyl sites for hydroxylation is 1. The molecule has 0 aliphatic carbocycles. The molecule has 20 heavy (non-hydrogen) atoms. The summed E-state index contributed by atoms with van der Waals surface area (Å²) in [7, 11) is 1.69. The highest BCUT2D eigenvalue weighted by atomic mass is 127. The fraction of sp³-hybridized carbons (Fsp3) is 0.250. The standard InChI is InChI=1S/C16H19IN2O/c1-11-3-8-16(20-2)14(9-11)15(19-18)10-12-4-6-13(17)7-5-12/h3-9,15,19H,10,18H2,1-2H3. The van der Waals surface area contributed by atoms with E-state index in [1.165, 1.54) is 14.7 Å². The molecular formula is C16H19IN2O. The maximum Gasteiger partial charge on any atom is 0.123 e. The minimum absolute atomic E-state index is 0.0323. The molecule has 2 rings (SSSR count). The topological polar surface area (TPSA) is 47.3 Å². The maximum absolute atomic E-state index is 5.75. The zero-order valence-corrected chi connectivity index (χ0v) is 13.8. The van der Waals surface area contributed by atoms with Crippen LogP contribution < -0.4 is 16.0 Å². The highest BCUT2D eigenvalue weighted by Crippen LogP contribution is 2.28. The second kappa shape index (κ2) is 7.06. The molecule has 0 heterocycles. The zero-order chi connectivity index (χ0) is 14.5. The minimum Gasteiger partial charge on any atom is -0.496 e. The summed E-state index contributed by atoms with van der Waals surface area (Å²) in [4.78, 5) is 0. The van der Waals surface area contributed by atoms with Gasteiger partial charge in [-0.2, -0.15) is 0 Å². The number of hydrazine groups is 1. The molecule has 0 aliphatic heterocycles. The molecule has 0 spiro atoms. The van der Waals surface area contributed by atoms with E-state index in [9.17, 15) is 0 Å². The lowest BCUT2D eigenvalue weighted by atomic mass is 9.97. The lowest BCUT2D eigenvalue weighted by Crippen LogP contribution is -2.30. The van der Waals surface area contributed by atoms with E-state index in [-0.39, 0.29) is 6.04 Å². The summed E-state index contributed by atoms with van der Waals surface area (Å²) >= 11 is 2.31. The van der Waals surface area contributed by atoms with Gasteiger partial charge in [0.15, 0.2) is 0 Å². The van der Waals surface area contributed by atoms with Gasteiger partial charge in [0.2, 0.25) is 0 Å². The van der Waals surface area contributed by atoms with Crippen LogP contribution in [0.3, 0.4) is 0 Å². The summed E-state index contributed by atoms with van der Waals surface area (Å²) in [6, 6.07) is 14.7. The van der Waals surface area contributed by atoms with Crippen LogP contribution >= 0.6 is 22.6 Å². The van der Waals surface area contributed by atoms with Crippen LogP contribution in [0.15, 0.2) is 42.5 Å². The SMILES string of the molecule is COc1ccc(C)cc1C(Cc1ccc(I)cc1)NN. The highest BCUT2D eigenvalue weighted by molar-refractivity contribution is 14.1. The van der Waals surface area contributed by atoms with Gasteiger partial charge in [-0.25, -0.2) is 0 Å². The molecule has 2 aromatic carbocycles. The number of rotatable bonds is 5. The molecule has 106 valence electrons. The lowest BCUT2D eigenvalue weighted by molar-refractivity contribution is 0.399. The van der Waals surface area contributed by atoms with E-state index < -0.39 is 0 Å². The summed E-state index contributed by atoms with van der Waals surface area (Å²) in [5.41, 5.74) is 6.44. The zero-order valence-electron chi connectivity index (χ0n) is 11.7. The Labute approximate surface area is 133 Å². The van der Waals surface area contributed by atoms with Crippen molar-refractivity contribution in [1.29, 1.82) is 0 Å². The van der Waals surface area contributed by atoms with Gasteiger partial charge in [0, 0.05) is 9.13 Å². The van der Waals surface area contributed by atoms with Gasteiger partial charge in [0.05, 0.1) is 13.2 Å². The molecule has 3 N–H and O–H groups in total. The number of halogens is 1. The molecule has 4 heteroatoms. The highest BCUT2D eigenvalue weighted by Gasteiger charge is 2.15. The van der Waals surface area contributed by atoms with E-state index in [0.717, 1.165) is 17.7 Å². The summed E-state index contributed by atoms with van der Waals surface area (Å²) in [6.07, 6.45) is 0.827. The van der Waals surface area contributed by atoms with Crippen molar-refractivity contribution in [1.82, 2.24) is 5.43 Å². The maximum atomic E-state index is 5.75. The molecule has 0 aromatic heterocycles. The Morgan fingerprint density at radius 1 is 1.20 bits per heavy atom. The van der Waals surface area contributed by atoms with E-state index in [4.69, 9.17) is 10.6 Å². The third-order valence-corrected chi connectivity index (χ3v) is 4.03. The van der Waals surface area contributed by atoms with Crippen LogP contribution in [-0.2, 0) is 6.42 Å². The predicted molar refractivity (Wildman–Crippen MR) is 90.7 cm³/mol. The van der Waals surface area contributed by atoms with Gasteiger partial charge < -0.3 is 4.74 Å². The number of methoxy groups -OCH3 is 1. The number of hydrogen-bond acceptors (Lipinski definition) is 3. The molecule has 0 bridgehead atoms. The number of ether oxygens (including phenoxy) is 1. The average molecular weight is 382 g/mol. The van der Waals surface area contributed by atoms with E-state index in [0.29, 0.717) is 0 Å². The molecule has 0 amide bonds. The second-order valence-corrected chi connectivity index (χ2v) is 6.04. The summed E-state index contributed by atoms with van der Waals surface area (Å²) in [5.74, 6) is 6.61. The van der Waals surface area contributed by atoms with Crippen molar-refractivity contribution in [3.8, 4) is 5.75 Å². The summed E-state index contributed by atoms with van der Waals surface area (Å²) < 4.78 is 6.68. The molecule has 0 saturated carbocycles. The van der Waals surface area contributed by atoms with Gasteiger partial charge in [0.1, 0.15) is 5.75 Å². The molecule has 0 fully saturated rings. The second-order valence-electron chi connectivity index (χ2n) is 4.80. The van der Waals surface area contributed by atoms with Crippen LogP contribution in [-0.4, -0.2) is 7.11 Å². The van der Waals surface area contributed by atoms with Gasteiger partial charge in [0.25, 0.3) is 0 Å². The van der Waals surface area contributed by atoms with Gasteiger partial charge in [-0.1, -0.05) is 29.8 Å². The average Bonchev–Trinajstić information content (AvgIpc) is 2.46. The van der Waals surface area contributed by atoms with Crippen molar-refractivity contribution in [2.45, 2.75) is 19.4 Å². The van der Waals surface area contributed by atoms with Gasteiger partial charge in [-0.15, -0.1) is 0 Å². The first-order chi connectivity index (χ1) is 9.63. The number of benzene rings is 2. The quantitative estimate of drug-likeness (QED) is 0.474. The largest absolute Gasteiger partial charge is 0.496 e. The minimum atomic E-state index is 0.0323. The smallest absolute Gasteiger partial charge is 0.123 e. The fourth-order valence-corrected chi connectivity index (χ4v) is 2.60. The molecule has 0 aliphatic rings. The van der Waals surface area contributed by atoms with E-state index in [1.54, 1.807) is 7.11 Å². The Morgan fingerprint density at radius 3 is 2.50 bits per heavy atom. The molecule has 0 saturated heterocycles. The predicted octanol–water partition coefficient (Wildman–Crippen LogP) is 3.36. The van der Waals surface area contributed by atoms with Crippen molar-refractivity contribution in [3.05, 3.63) is 62.7 Å². The van der Waals surface area contributed by atoms with Gasteiger partial charge in [-0.05, 0) is 59.7 Å². The Hall–Kier alpha value is -1.11. The molecule has 1 unspecified atom stereocenters. The number of nitrogens with two attached hydrogens (primary N) is 1. The Bertz CT molecular complexity index is 569. The van der Waals surface area contributed by atoms with E-state index in [2.05, 4.69) is 65.3 Å².